The molecule has 48 heavy (non-hydrogen) atoms. The molecule has 1 aromatic heterocycles. The van der Waals surface area contributed by atoms with Crippen LogP contribution in [0.25, 0.3) is 0 Å². The summed E-state index contributed by atoms with van der Waals surface area (Å²) in [5, 5.41) is 0. The third kappa shape index (κ3) is 5.55. The Morgan fingerprint density at radius 3 is 2.27 bits per heavy atom. The second-order valence-electron chi connectivity index (χ2n) is 14.3. The van der Waals surface area contributed by atoms with Crippen molar-refractivity contribution in [1.29, 1.82) is 0 Å². The van der Waals surface area contributed by atoms with E-state index < -0.39 is 0 Å². The van der Waals surface area contributed by atoms with Crippen LogP contribution < -0.4 is 9.64 Å². The van der Waals surface area contributed by atoms with Gasteiger partial charge < -0.3 is 9.47 Å². The zero-order valence-corrected chi connectivity index (χ0v) is 28.3. The SMILES string of the molecule is Cc1cc(Oc2cc(C)cc(N3c4ccccc4C(C)(C)c4cccnc43)c2)cc(C2=N[C@H](C3CCCCC3)[C@@H](c3ccccc3)O2)c1. The summed E-state index contributed by atoms with van der Waals surface area (Å²) in [6, 6.07) is 36.4. The minimum atomic E-state index is -0.168. The van der Waals surface area contributed by atoms with E-state index in [1.165, 1.54) is 48.8 Å². The van der Waals surface area contributed by atoms with E-state index in [2.05, 4.69) is 130 Å². The number of hydrogen-bond acceptors (Lipinski definition) is 5. The fourth-order valence-electron chi connectivity index (χ4n) is 8.07. The molecule has 5 aromatic rings. The summed E-state index contributed by atoms with van der Waals surface area (Å²) in [6.45, 7) is 8.78. The van der Waals surface area contributed by atoms with Gasteiger partial charge in [-0.3, -0.25) is 4.90 Å². The number of nitrogens with zero attached hydrogens (tertiary/aromatic N) is 3. The van der Waals surface area contributed by atoms with Crippen molar-refractivity contribution in [3.8, 4) is 11.5 Å². The number of fused-ring (bicyclic) bond motifs is 2. The van der Waals surface area contributed by atoms with Crippen LogP contribution in [-0.2, 0) is 10.2 Å². The van der Waals surface area contributed by atoms with Crippen LogP contribution in [-0.4, -0.2) is 16.9 Å². The lowest BCUT2D eigenvalue weighted by molar-refractivity contribution is 0.150. The molecule has 0 unspecified atom stereocenters. The molecule has 5 heteroatoms. The number of anilines is 3. The van der Waals surface area contributed by atoms with Crippen molar-refractivity contribution < 1.29 is 9.47 Å². The Bertz CT molecular complexity index is 1940. The van der Waals surface area contributed by atoms with E-state index in [9.17, 15) is 0 Å². The highest BCUT2D eigenvalue weighted by Crippen LogP contribution is 2.51. The smallest absolute Gasteiger partial charge is 0.217 e. The van der Waals surface area contributed by atoms with Gasteiger partial charge in [0.05, 0.1) is 17.4 Å². The van der Waals surface area contributed by atoms with Gasteiger partial charge in [-0.05, 0) is 97.3 Å². The van der Waals surface area contributed by atoms with E-state index in [4.69, 9.17) is 19.5 Å². The van der Waals surface area contributed by atoms with Crippen LogP contribution in [0.15, 0.2) is 114 Å². The number of para-hydroxylation sites is 1. The standard InChI is InChI=1S/C43H43N3O2/c1-28-22-32(42-45-39(30-14-7-5-8-15-30)40(48-42)31-16-9-6-10-17-31)26-34(24-28)47-35-25-29(2)23-33(27-35)46-38-20-12-11-18-36(38)43(3,4)37-19-13-21-44-41(37)46/h6,9-13,16-27,30,39-40H,5,7-8,14-15H2,1-4H3/t39-,40-/m1/s1. The Hall–Kier alpha value is -4.90. The number of ether oxygens (including phenoxy) is 2. The molecule has 2 atom stereocenters. The molecule has 4 aromatic carbocycles. The molecule has 0 amide bonds. The van der Waals surface area contributed by atoms with Crippen molar-refractivity contribution in [3.63, 3.8) is 0 Å². The molecule has 1 fully saturated rings. The van der Waals surface area contributed by atoms with Gasteiger partial charge in [-0.15, -0.1) is 0 Å². The summed E-state index contributed by atoms with van der Waals surface area (Å²) in [5.74, 6) is 3.75. The van der Waals surface area contributed by atoms with Crippen molar-refractivity contribution in [1.82, 2.24) is 4.98 Å². The zero-order chi connectivity index (χ0) is 32.8. The molecule has 3 heterocycles. The Balaban J connectivity index is 1.13. The molecule has 0 saturated heterocycles. The maximum atomic E-state index is 6.74. The molecule has 2 aliphatic heterocycles. The van der Waals surface area contributed by atoms with Crippen LogP contribution in [0, 0.1) is 19.8 Å². The Kier molecular flexibility index (Phi) is 7.79. The summed E-state index contributed by atoms with van der Waals surface area (Å²) in [7, 11) is 0. The number of rotatable bonds is 6. The Labute approximate surface area is 284 Å². The third-order valence-corrected chi connectivity index (χ3v) is 10.4. The Morgan fingerprint density at radius 2 is 1.46 bits per heavy atom. The van der Waals surface area contributed by atoms with Gasteiger partial charge >= 0.3 is 0 Å². The van der Waals surface area contributed by atoms with Crippen LogP contribution >= 0.6 is 0 Å². The topological polar surface area (TPSA) is 47.0 Å². The van der Waals surface area contributed by atoms with E-state index in [0.717, 1.165) is 45.4 Å². The van der Waals surface area contributed by atoms with Gasteiger partial charge in [0.2, 0.25) is 5.90 Å². The maximum absolute atomic E-state index is 6.74. The van der Waals surface area contributed by atoms with Gasteiger partial charge in [0, 0.05) is 28.8 Å². The minimum absolute atomic E-state index is 0.0672. The first-order valence-electron chi connectivity index (χ1n) is 17.4. The van der Waals surface area contributed by atoms with Gasteiger partial charge in [-0.25, -0.2) is 9.98 Å². The average Bonchev–Trinajstić information content (AvgIpc) is 3.55. The average molecular weight is 634 g/mol. The first-order chi connectivity index (χ1) is 23.3. The highest BCUT2D eigenvalue weighted by molar-refractivity contribution is 5.96. The summed E-state index contributed by atoms with van der Waals surface area (Å²) in [5.41, 5.74) is 8.83. The molecule has 0 bridgehead atoms. The summed E-state index contributed by atoms with van der Waals surface area (Å²) in [4.78, 5) is 12.5. The number of aromatic nitrogens is 1. The van der Waals surface area contributed by atoms with Crippen molar-refractivity contribution >= 4 is 23.1 Å². The monoisotopic (exact) mass is 633 g/mol. The molecule has 0 spiro atoms. The minimum Gasteiger partial charge on any atom is -0.467 e. The quantitative estimate of drug-likeness (QED) is 0.187. The molecule has 0 N–H and O–H groups in total. The predicted octanol–water partition coefficient (Wildman–Crippen LogP) is 11.1. The number of aryl methyl sites for hydroxylation is 2. The van der Waals surface area contributed by atoms with Gasteiger partial charge in [-0.1, -0.05) is 87.7 Å². The summed E-state index contributed by atoms with van der Waals surface area (Å²) in [6.07, 6.45) is 8.11. The van der Waals surface area contributed by atoms with Crippen LogP contribution in [0.2, 0.25) is 0 Å². The fourth-order valence-corrected chi connectivity index (χ4v) is 8.07. The molecule has 242 valence electrons. The van der Waals surface area contributed by atoms with Crippen molar-refractivity contribution in [2.24, 2.45) is 10.9 Å². The fraction of sp³-hybridized carbons (Fsp3) is 0.302. The molecule has 3 aliphatic rings. The third-order valence-electron chi connectivity index (χ3n) is 10.4. The van der Waals surface area contributed by atoms with Crippen molar-refractivity contribution in [2.75, 3.05) is 4.90 Å². The molecule has 1 saturated carbocycles. The molecule has 8 rings (SSSR count). The lowest BCUT2D eigenvalue weighted by Gasteiger charge is -2.41. The predicted molar refractivity (Wildman–Crippen MR) is 194 cm³/mol. The van der Waals surface area contributed by atoms with Gasteiger partial charge in [0.25, 0.3) is 0 Å². The van der Waals surface area contributed by atoms with E-state index in [1.807, 2.05) is 12.3 Å². The van der Waals surface area contributed by atoms with Gasteiger partial charge in [-0.2, -0.15) is 0 Å². The molecule has 1 aliphatic carbocycles. The number of hydrogen-bond donors (Lipinski definition) is 0. The second kappa shape index (κ2) is 12.3. The molecular weight excluding hydrogens is 590 g/mol. The van der Waals surface area contributed by atoms with E-state index in [-0.39, 0.29) is 17.6 Å². The van der Waals surface area contributed by atoms with Crippen molar-refractivity contribution in [3.05, 3.63) is 143 Å². The first kappa shape index (κ1) is 30.4. The summed E-state index contributed by atoms with van der Waals surface area (Å²) < 4.78 is 13.4. The van der Waals surface area contributed by atoms with E-state index in [0.29, 0.717) is 11.8 Å². The second-order valence-corrected chi connectivity index (χ2v) is 14.3. The van der Waals surface area contributed by atoms with Crippen LogP contribution in [0.3, 0.4) is 0 Å². The van der Waals surface area contributed by atoms with Crippen LogP contribution in [0.1, 0.15) is 85.4 Å². The van der Waals surface area contributed by atoms with Gasteiger partial charge in [0.1, 0.15) is 23.4 Å². The number of aliphatic imine (C=N–C) groups is 1. The van der Waals surface area contributed by atoms with Gasteiger partial charge in [0.15, 0.2) is 0 Å². The molecule has 0 radical (unpaired) electrons. The number of pyridine rings is 1. The first-order valence-corrected chi connectivity index (χ1v) is 17.4. The highest BCUT2D eigenvalue weighted by atomic mass is 16.5. The molecule has 5 nitrogen and oxygen atoms in total. The van der Waals surface area contributed by atoms with Crippen molar-refractivity contribution in [2.45, 2.75) is 77.4 Å². The number of benzene rings is 4. The van der Waals surface area contributed by atoms with Crippen LogP contribution in [0.4, 0.5) is 17.2 Å². The largest absolute Gasteiger partial charge is 0.467 e. The molecular formula is C43H43N3O2. The van der Waals surface area contributed by atoms with E-state index in [1.54, 1.807) is 0 Å². The lowest BCUT2D eigenvalue weighted by Crippen LogP contribution is -2.31. The maximum Gasteiger partial charge on any atom is 0.217 e. The lowest BCUT2D eigenvalue weighted by atomic mass is 9.74. The summed E-state index contributed by atoms with van der Waals surface area (Å²) >= 11 is 0. The normalized spacial score (nSPS) is 20.0. The van der Waals surface area contributed by atoms with E-state index >= 15 is 0 Å². The highest BCUT2D eigenvalue weighted by Gasteiger charge is 2.39. The zero-order valence-electron chi connectivity index (χ0n) is 28.3. The van der Waals surface area contributed by atoms with Crippen LogP contribution in [0.5, 0.6) is 11.5 Å². The Morgan fingerprint density at radius 1 is 0.750 bits per heavy atom.